The van der Waals surface area contributed by atoms with Crippen molar-refractivity contribution in [3.8, 4) is 0 Å². The molecule has 5 rings (SSSR count). The van der Waals surface area contributed by atoms with Crippen molar-refractivity contribution in [2.45, 2.75) is 70.2 Å². The average molecular weight is 562 g/mol. The fourth-order valence-corrected chi connectivity index (χ4v) is 6.20. The van der Waals surface area contributed by atoms with E-state index < -0.39 is 0 Å². The lowest BCUT2D eigenvalue weighted by molar-refractivity contribution is 0.0610. The molecule has 5 N–H and O–H groups in total. The summed E-state index contributed by atoms with van der Waals surface area (Å²) in [5.41, 5.74) is 14.6. The standard InChI is InChI=1S/C27H38Cl2N8O/c1-2-21-16-36(26-24(29)33-23(25(31)34-26)27(38)32-20-5-6-20)11-12-37(21)22-7-9-35(10-8-22)15-17-3-4-19(28)13-18(17)14-30/h3-4,13,20-22H,2,5-12,14-16,30H2,1H3,(H2,31,34)(H,32,38)/t21-/m0/s1. The van der Waals surface area contributed by atoms with Crippen molar-refractivity contribution in [1.82, 2.24) is 25.1 Å². The molecule has 2 aromatic rings. The van der Waals surface area contributed by atoms with E-state index in [1.807, 2.05) is 12.1 Å². The van der Waals surface area contributed by atoms with Crippen LogP contribution >= 0.6 is 23.2 Å². The van der Waals surface area contributed by atoms with E-state index in [4.69, 9.17) is 34.7 Å². The summed E-state index contributed by atoms with van der Waals surface area (Å²) in [5, 5.41) is 3.88. The number of nitrogens with two attached hydrogens (primary N) is 2. The molecule has 0 unspecified atom stereocenters. The number of halogens is 2. The molecule has 0 bridgehead atoms. The van der Waals surface area contributed by atoms with Crippen molar-refractivity contribution in [2.24, 2.45) is 5.73 Å². The molecule has 1 atom stereocenters. The van der Waals surface area contributed by atoms with E-state index in [9.17, 15) is 4.79 Å². The third kappa shape index (κ3) is 6.18. The van der Waals surface area contributed by atoms with Crippen LogP contribution in [0.15, 0.2) is 18.2 Å². The molecule has 206 valence electrons. The largest absolute Gasteiger partial charge is 0.382 e. The van der Waals surface area contributed by atoms with Gasteiger partial charge in [-0.05, 0) is 68.5 Å². The fraction of sp³-hybridized carbons (Fsp3) is 0.593. The molecule has 38 heavy (non-hydrogen) atoms. The number of amides is 1. The van der Waals surface area contributed by atoms with Gasteiger partial charge in [0, 0.05) is 55.9 Å². The van der Waals surface area contributed by atoms with Gasteiger partial charge >= 0.3 is 0 Å². The number of carbonyl (C=O) groups excluding carboxylic acids is 1. The van der Waals surface area contributed by atoms with E-state index in [1.54, 1.807) is 0 Å². The van der Waals surface area contributed by atoms with Crippen LogP contribution < -0.4 is 21.7 Å². The van der Waals surface area contributed by atoms with Crippen molar-refractivity contribution >= 4 is 40.7 Å². The maximum atomic E-state index is 12.5. The Bertz CT molecular complexity index is 1150. The number of hydrogen-bond acceptors (Lipinski definition) is 8. The molecule has 0 spiro atoms. The van der Waals surface area contributed by atoms with Crippen LogP contribution in [-0.2, 0) is 13.1 Å². The van der Waals surface area contributed by atoms with Crippen LogP contribution in [0.4, 0.5) is 11.6 Å². The van der Waals surface area contributed by atoms with Gasteiger partial charge in [-0.3, -0.25) is 14.6 Å². The fourth-order valence-electron chi connectivity index (χ4n) is 5.76. The quantitative estimate of drug-likeness (QED) is 0.450. The molecule has 2 aliphatic heterocycles. The Hall–Kier alpha value is -2.17. The highest BCUT2D eigenvalue weighted by Crippen LogP contribution is 2.30. The zero-order chi connectivity index (χ0) is 26.8. The molecule has 0 radical (unpaired) electrons. The number of hydrogen-bond donors (Lipinski definition) is 3. The van der Waals surface area contributed by atoms with Crippen molar-refractivity contribution < 1.29 is 4.79 Å². The smallest absolute Gasteiger partial charge is 0.274 e. The van der Waals surface area contributed by atoms with Crippen LogP contribution in [-0.4, -0.2) is 76.5 Å². The molecular formula is C27H38Cl2N8O. The Labute approximate surface area is 234 Å². The van der Waals surface area contributed by atoms with E-state index in [0.29, 0.717) is 24.4 Å². The van der Waals surface area contributed by atoms with E-state index in [1.165, 1.54) is 5.56 Å². The van der Waals surface area contributed by atoms with Crippen molar-refractivity contribution in [3.05, 3.63) is 45.2 Å². The third-order valence-corrected chi connectivity index (χ3v) is 8.59. The topological polar surface area (TPSA) is 117 Å². The molecule has 1 amide bonds. The van der Waals surface area contributed by atoms with Gasteiger partial charge < -0.3 is 21.7 Å². The van der Waals surface area contributed by atoms with Gasteiger partial charge in [-0.1, -0.05) is 36.2 Å². The first-order chi connectivity index (χ1) is 18.4. The highest BCUT2D eigenvalue weighted by molar-refractivity contribution is 6.32. The van der Waals surface area contributed by atoms with E-state index in [2.05, 4.69) is 43.0 Å². The first kappa shape index (κ1) is 27.4. The minimum Gasteiger partial charge on any atom is -0.382 e. The summed E-state index contributed by atoms with van der Waals surface area (Å²) >= 11 is 12.7. The maximum Gasteiger partial charge on any atom is 0.274 e. The normalized spacial score (nSPS) is 21.6. The second-order valence-corrected chi connectivity index (χ2v) is 11.5. The van der Waals surface area contributed by atoms with Crippen molar-refractivity contribution in [2.75, 3.05) is 43.4 Å². The van der Waals surface area contributed by atoms with Crippen molar-refractivity contribution in [3.63, 3.8) is 0 Å². The first-order valence-electron chi connectivity index (χ1n) is 13.7. The van der Waals surface area contributed by atoms with Crippen LogP contribution in [0.3, 0.4) is 0 Å². The Morgan fingerprint density at radius 1 is 1.08 bits per heavy atom. The molecule has 3 aliphatic rings. The number of piperazine rings is 1. The second-order valence-electron chi connectivity index (χ2n) is 10.7. The van der Waals surface area contributed by atoms with E-state index in [0.717, 1.165) is 82.0 Å². The lowest BCUT2D eigenvalue weighted by atomic mass is 9.97. The average Bonchev–Trinajstić information content (AvgIpc) is 3.74. The number of carbonyl (C=O) groups is 1. The SMILES string of the molecule is CC[C@H]1CN(c2nc(N)c(C(=O)NC3CC3)nc2Cl)CCN1C1CCN(Cc2ccc(Cl)cc2CN)CC1. The molecule has 3 heterocycles. The molecule has 2 saturated heterocycles. The highest BCUT2D eigenvalue weighted by Gasteiger charge is 2.35. The number of likely N-dealkylation sites (tertiary alicyclic amines) is 1. The molecule has 3 fully saturated rings. The number of rotatable bonds is 8. The van der Waals surface area contributed by atoms with Gasteiger partial charge in [-0.15, -0.1) is 0 Å². The predicted molar refractivity (Wildman–Crippen MR) is 153 cm³/mol. The molecule has 1 aliphatic carbocycles. The Morgan fingerprint density at radius 3 is 2.53 bits per heavy atom. The Kier molecular flexibility index (Phi) is 8.59. The number of anilines is 2. The van der Waals surface area contributed by atoms with Gasteiger partial charge in [0.15, 0.2) is 22.5 Å². The Balaban J connectivity index is 1.19. The van der Waals surface area contributed by atoms with Crippen LogP contribution in [0.2, 0.25) is 10.2 Å². The molecule has 1 saturated carbocycles. The summed E-state index contributed by atoms with van der Waals surface area (Å²) in [6.45, 7) is 8.31. The summed E-state index contributed by atoms with van der Waals surface area (Å²) in [7, 11) is 0. The number of nitrogen functional groups attached to an aromatic ring is 1. The zero-order valence-electron chi connectivity index (χ0n) is 22.0. The molecular weight excluding hydrogens is 523 g/mol. The summed E-state index contributed by atoms with van der Waals surface area (Å²) in [4.78, 5) is 28.7. The molecule has 11 heteroatoms. The second kappa shape index (κ2) is 11.9. The third-order valence-electron chi connectivity index (χ3n) is 8.10. The summed E-state index contributed by atoms with van der Waals surface area (Å²) in [6.07, 6.45) is 5.29. The van der Waals surface area contributed by atoms with Crippen LogP contribution in [0, 0.1) is 0 Å². The van der Waals surface area contributed by atoms with Crippen molar-refractivity contribution in [1.29, 1.82) is 0 Å². The predicted octanol–water partition coefficient (Wildman–Crippen LogP) is 3.28. The molecule has 1 aromatic heterocycles. The summed E-state index contributed by atoms with van der Waals surface area (Å²) in [6, 6.07) is 7.20. The van der Waals surface area contributed by atoms with Gasteiger partial charge in [-0.2, -0.15) is 0 Å². The number of nitrogens with zero attached hydrogens (tertiary/aromatic N) is 5. The maximum absolute atomic E-state index is 12.5. The van der Waals surface area contributed by atoms with E-state index >= 15 is 0 Å². The van der Waals surface area contributed by atoms with Crippen LogP contribution in [0.5, 0.6) is 0 Å². The van der Waals surface area contributed by atoms with Crippen LogP contribution in [0.25, 0.3) is 0 Å². The van der Waals surface area contributed by atoms with Gasteiger partial charge in [0.2, 0.25) is 0 Å². The number of nitrogens with one attached hydrogen (secondary N) is 1. The summed E-state index contributed by atoms with van der Waals surface area (Å²) in [5.74, 6) is 0.395. The lowest BCUT2D eigenvalue weighted by Crippen LogP contribution is -2.58. The number of piperidine rings is 1. The lowest BCUT2D eigenvalue weighted by Gasteiger charge is -2.47. The first-order valence-corrected chi connectivity index (χ1v) is 14.5. The van der Waals surface area contributed by atoms with Gasteiger partial charge in [0.1, 0.15) is 0 Å². The summed E-state index contributed by atoms with van der Waals surface area (Å²) < 4.78 is 0. The minimum atomic E-state index is -0.302. The van der Waals surface area contributed by atoms with Gasteiger partial charge in [0.05, 0.1) is 0 Å². The van der Waals surface area contributed by atoms with E-state index in [-0.39, 0.29) is 28.6 Å². The van der Waals surface area contributed by atoms with Gasteiger partial charge in [-0.25, -0.2) is 9.97 Å². The number of aromatic nitrogens is 2. The van der Waals surface area contributed by atoms with Gasteiger partial charge in [0.25, 0.3) is 5.91 Å². The van der Waals surface area contributed by atoms with Crippen LogP contribution in [0.1, 0.15) is 60.6 Å². The molecule has 1 aromatic carbocycles. The highest BCUT2D eigenvalue weighted by atomic mass is 35.5. The number of benzene rings is 1. The Morgan fingerprint density at radius 2 is 1.84 bits per heavy atom. The molecule has 9 nitrogen and oxygen atoms in total. The minimum absolute atomic E-state index is 0.111. The monoisotopic (exact) mass is 560 g/mol. The zero-order valence-corrected chi connectivity index (χ0v) is 23.5.